The highest BCUT2D eigenvalue weighted by atomic mass is 35.5. The van der Waals surface area contributed by atoms with Gasteiger partial charge in [-0.15, -0.1) is 11.3 Å². The highest BCUT2D eigenvalue weighted by molar-refractivity contribution is 7.17. The zero-order valence-corrected chi connectivity index (χ0v) is 12.3. The molecule has 19 heavy (non-hydrogen) atoms. The van der Waals surface area contributed by atoms with Crippen molar-refractivity contribution in [1.29, 1.82) is 0 Å². The molecule has 2 nitrogen and oxygen atoms in total. The average Bonchev–Trinajstić information content (AvgIpc) is 2.99. The third-order valence-corrected chi connectivity index (χ3v) is 5.23. The van der Waals surface area contributed by atoms with Crippen LogP contribution in [0.5, 0.6) is 0 Å². The molecule has 1 aromatic carbocycles. The predicted molar refractivity (Wildman–Crippen MR) is 80.6 cm³/mol. The lowest BCUT2D eigenvalue weighted by Crippen LogP contribution is -1.85. The lowest BCUT2D eigenvalue weighted by molar-refractivity contribution is 0.888. The van der Waals surface area contributed by atoms with Gasteiger partial charge in [0.15, 0.2) is 4.96 Å². The molecule has 2 heterocycles. The van der Waals surface area contributed by atoms with E-state index in [-0.39, 0.29) is 0 Å². The van der Waals surface area contributed by atoms with Crippen LogP contribution in [0.25, 0.3) is 16.2 Å². The minimum absolute atomic E-state index is 0.648. The van der Waals surface area contributed by atoms with Crippen molar-refractivity contribution in [1.82, 2.24) is 9.38 Å². The molecule has 3 aromatic rings. The standard InChI is InChI=1S/C14H10Cl2N2S/c15-8-4-5-9(10(16)6-8)11-7-18-12-2-1-3-13(12)19-14(18)17-11/h4-7H,1-3H2. The van der Waals surface area contributed by atoms with Gasteiger partial charge in [-0.1, -0.05) is 23.2 Å². The van der Waals surface area contributed by atoms with Crippen molar-refractivity contribution in [2.45, 2.75) is 19.3 Å². The number of aromatic nitrogens is 2. The van der Waals surface area contributed by atoms with Crippen molar-refractivity contribution in [3.8, 4) is 11.3 Å². The Morgan fingerprint density at radius 3 is 2.95 bits per heavy atom. The number of thiazole rings is 1. The fourth-order valence-electron chi connectivity index (χ4n) is 2.63. The second kappa shape index (κ2) is 4.23. The molecule has 0 radical (unpaired) electrons. The van der Waals surface area contributed by atoms with E-state index < -0.39 is 0 Å². The van der Waals surface area contributed by atoms with Crippen LogP contribution < -0.4 is 0 Å². The molecule has 0 atom stereocenters. The van der Waals surface area contributed by atoms with Gasteiger partial charge in [0.1, 0.15) is 0 Å². The Labute approximate surface area is 124 Å². The molecule has 4 rings (SSSR count). The first-order valence-corrected chi connectivity index (χ1v) is 7.75. The molecule has 0 aliphatic heterocycles. The highest BCUT2D eigenvalue weighted by Gasteiger charge is 2.20. The summed E-state index contributed by atoms with van der Waals surface area (Å²) in [6, 6.07) is 5.54. The molecule has 0 fully saturated rings. The van der Waals surface area contributed by atoms with Crippen molar-refractivity contribution < 1.29 is 0 Å². The quantitative estimate of drug-likeness (QED) is 0.627. The summed E-state index contributed by atoms with van der Waals surface area (Å²) in [5, 5.41) is 1.30. The van der Waals surface area contributed by atoms with E-state index in [0.29, 0.717) is 10.0 Å². The maximum atomic E-state index is 6.25. The van der Waals surface area contributed by atoms with Crippen LogP contribution in [0.3, 0.4) is 0 Å². The lowest BCUT2D eigenvalue weighted by atomic mass is 10.2. The molecule has 0 unspecified atom stereocenters. The Kier molecular flexibility index (Phi) is 2.62. The van der Waals surface area contributed by atoms with Gasteiger partial charge in [-0.05, 0) is 37.5 Å². The normalized spacial score (nSPS) is 14.2. The minimum atomic E-state index is 0.648. The Bertz CT molecular complexity index is 788. The summed E-state index contributed by atoms with van der Waals surface area (Å²) in [4.78, 5) is 7.23. The van der Waals surface area contributed by atoms with Crippen LogP contribution in [0, 0.1) is 0 Å². The van der Waals surface area contributed by atoms with Crippen molar-refractivity contribution in [3.05, 3.63) is 45.0 Å². The first-order chi connectivity index (χ1) is 9.22. The number of fused-ring (bicyclic) bond motifs is 3. The number of imidazole rings is 1. The van der Waals surface area contributed by atoms with Gasteiger partial charge >= 0.3 is 0 Å². The van der Waals surface area contributed by atoms with Crippen molar-refractivity contribution in [2.75, 3.05) is 0 Å². The van der Waals surface area contributed by atoms with Gasteiger partial charge in [0.2, 0.25) is 0 Å². The smallest absolute Gasteiger partial charge is 0.194 e. The van der Waals surface area contributed by atoms with E-state index in [2.05, 4.69) is 10.6 Å². The largest absolute Gasteiger partial charge is 0.294 e. The lowest BCUT2D eigenvalue weighted by Gasteiger charge is -2.00. The van der Waals surface area contributed by atoms with Crippen molar-refractivity contribution in [3.63, 3.8) is 0 Å². The first-order valence-electron chi connectivity index (χ1n) is 6.17. The molecule has 0 saturated carbocycles. The molecule has 5 heteroatoms. The summed E-state index contributed by atoms with van der Waals surface area (Å²) in [6.45, 7) is 0. The number of hydrogen-bond acceptors (Lipinski definition) is 2. The van der Waals surface area contributed by atoms with Crippen LogP contribution in [0.15, 0.2) is 24.4 Å². The maximum Gasteiger partial charge on any atom is 0.194 e. The van der Waals surface area contributed by atoms with Gasteiger partial charge < -0.3 is 0 Å². The second-order valence-electron chi connectivity index (χ2n) is 4.73. The summed E-state index contributed by atoms with van der Waals surface area (Å²) >= 11 is 14.0. The van der Waals surface area contributed by atoms with E-state index in [0.717, 1.165) is 22.6 Å². The molecule has 96 valence electrons. The van der Waals surface area contributed by atoms with Gasteiger partial charge in [0, 0.05) is 27.4 Å². The Morgan fingerprint density at radius 1 is 1.21 bits per heavy atom. The minimum Gasteiger partial charge on any atom is -0.294 e. The molecule has 1 aliphatic carbocycles. The highest BCUT2D eigenvalue weighted by Crippen LogP contribution is 2.35. The number of hydrogen-bond donors (Lipinski definition) is 0. The van der Waals surface area contributed by atoms with Crippen LogP contribution >= 0.6 is 34.5 Å². The summed E-state index contributed by atoms with van der Waals surface area (Å²) in [6.07, 6.45) is 5.69. The van der Waals surface area contributed by atoms with Crippen LogP contribution in [-0.4, -0.2) is 9.38 Å². The van der Waals surface area contributed by atoms with Gasteiger partial charge in [0.25, 0.3) is 0 Å². The summed E-state index contributed by atoms with van der Waals surface area (Å²) in [5.41, 5.74) is 3.28. The Balaban J connectivity index is 1.89. The number of nitrogens with zero attached hydrogens (tertiary/aromatic N) is 2. The SMILES string of the molecule is Clc1ccc(-c2cn3c4c(sc3n2)CCC4)c(Cl)c1. The van der Waals surface area contributed by atoms with Crippen LogP contribution in [0.2, 0.25) is 10.0 Å². The second-order valence-corrected chi connectivity index (χ2v) is 6.63. The molecule has 0 spiro atoms. The number of halogens is 2. The first kappa shape index (κ1) is 11.8. The fourth-order valence-corrected chi connectivity index (χ4v) is 4.33. The van der Waals surface area contributed by atoms with Crippen LogP contribution in [0.1, 0.15) is 17.0 Å². The Morgan fingerprint density at radius 2 is 2.11 bits per heavy atom. The van der Waals surface area contributed by atoms with Crippen molar-refractivity contribution >= 4 is 39.5 Å². The fraction of sp³-hybridized carbons (Fsp3) is 0.214. The molecular weight excluding hydrogens is 299 g/mol. The van der Waals surface area contributed by atoms with Crippen LogP contribution in [0.4, 0.5) is 0 Å². The van der Waals surface area contributed by atoms with Gasteiger partial charge in [-0.25, -0.2) is 4.98 Å². The molecule has 0 bridgehead atoms. The van der Waals surface area contributed by atoms with E-state index in [9.17, 15) is 0 Å². The van der Waals surface area contributed by atoms with Gasteiger partial charge in [-0.3, -0.25) is 4.40 Å². The van der Waals surface area contributed by atoms with Crippen LogP contribution in [-0.2, 0) is 12.8 Å². The number of rotatable bonds is 1. The van der Waals surface area contributed by atoms with E-state index in [1.807, 2.05) is 12.1 Å². The zero-order valence-electron chi connectivity index (χ0n) is 9.99. The number of aryl methyl sites for hydroxylation is 2. The number of benzene rings is 1. The third kappa shape index (κ3) is 1.80. The Hall–Kier alpha value is -1.03. The average molecular weight is 309 g/mol. The van der Waals surface area contributed by atoms with Gasteiger partial charge in [-0.2, -0.15) is 0 Å². The molecular formula is C14H10Cl2N2S. The summed E-state index contributed by atoms with van der Waals surface area (Å²) in [5.74, 6) is 0. The predicted octanol–water partition coefficient (Wildman–Crippen LogP) is 4.86. The van der Waals surface area contributed by atoms with E-state index in [1.54, 1.807) is 17.4 Å². The maximum absolute atomic E-state index is 6.25. The van der Waals surface area contributed by atoms with E-state index in [1.165, 1.54) is 23.4 Å². The summed E-state index contributed by atoms with van der Waals surface area (Å²) in [7, 11) is 0. The summed E-state index contributed by atoms with van der Waals surface area (Å²) < 4.78 is 2.22. The van der Waals surface area contributed by atoms with Crippen molar-refractivity contribution in [2.24, 2.45) is 0 Å². The van der Waals surface area contributed by atoms with E-state index >= 15 is 0 Å². The monoisotopic (exact) mass is 308 g/mol. The molecule has 0 amide bonds. The molecule has 1 aliphatic rings. The molecule has 0 N–H and O–H groups in total. The third-order valence-electron chi connectivity index (χ3n) is 3.53. The topological polar surface area (TPSA) is 17.3 Å². The molecule has 2 aromatic heterocycles. The molecule has 0 saturated heterocycles. The van der Waals surface area contributed by atoms with Gasteiger partial charge in [0.05, 0.1) is 10.7 Å². The zero-order chi connectivity index (χ0) is 13.0. The van der Waals surface area contributed by atoms with E-state index in [4.69, 9.17) is 28.2 Å².